The fourth-order valence-electron chi connectivity index (χ4n) is 2.54. The van der Waals surface area contributed by atoms with E-state index in [9.17, 15) is 4.79 Å². The SMILES string of the molecule is CCCC(=O)N[C@@H]1Cc2cc(C)cc(C)c21. The maximum Gasteiger partial charge on any atom is 0.220 e. The molecule has 1 atom stereocenters. The molecule has 1 aliphatic carbocycles. The lowest BCUT2D eigenvalue weighted by Gasteiger charge is -2.33. The van der Waals surface area contributed by atoms with Gasteiger partial charge in [0.2, 0.25) is 5.91 Å². The molecule has 0 unspecified atom stereocenters. The summed E-state index contributed by atoms with van der Waals surface area (Å²) >= 11 is 0. The summed E-state index contributed by atoms with van der Waals surface area (Å²) in [5.74, 6) is 0.179. The molecule has 0 saturated heterocycles. The first-order chi connectivity index (χ1) is 7.61. The van der Waals surface area contributed by atoms with Crippen molar-refractivity contribution in [1.29, 1.82) is 0 Å². The average molecular weight is 217 g/mol. The van der Waals surface area contributed by atoms with Crippen LogP contribution in [0.1, 0.15) is 48.1 Å². The van der Waals surface area contributed by atoms with Crippen molar-refractivity contribution in [3.8, 4) is 0 Å². The van der Waals surface area contributed by atoms with E-state index < -0.39 is 0 Å². The van der Waals surface area contributed by atoms with Gasteiger partial charge in [-0.05, 0) is 43.4 Å². The molecule has 1 amide bonds. The number of nitrogens with one attached hydrogen (secondary N) is 1. The first-order valence-electron chi connectivity index (χ1n) is 6.01. The zero-order chi connectivity index (χ0) is 11.7. The molecule has 2 heteroatoms. The quantitative estimate of drug-likeness (QED) is 0.828. The van der Waals surface area contributed by atoms with Gasteiger partial charge in [0.15, 0.2) is 0 Å². The number of amides is 1. The highest BCUT2D eigenvalue weighted by Crippen LogP contribution is 2.36. The van der Waals surface area contributed by atoms with E-state index in [-0.39, 0.29) is 11.9 Å². The van der Waals surface area contributed by atoms with Crippen molar-refractivity contribution in [2.24, 2.45) is 0 Å². The van der Waals surface area contributed by atoms with Crippen LogP contribution in [0.3, 0.4) is 0 Å². The van der Waals surface area contributed by atoms with E-state index in [1.54, 1.807) is 0 Å². The van der Waals surface area contributed by atoms with Crippen molar-refractivity contribution < 1.29 is 4.79 Å². The highest BCUT2D eigenvalue weighted by Gasteiger charge is 2.28. The Kier molecular flexibility index (Phi) is 2.99. The number of aryl methyl sites for hydroxylation is 2. The van der Waals surface area contributed by atoms with Crippen LogP contribution in [0.5, 0.6) is 0 Å². The normalized spacial score (nSPS) is 17.6. The Bertz CT molecular complexity index is 406. The summed E-state index contributed by atoms with van der Waals surface area (Å²) in [6.07, 6.45) is 2.54. The summed E-state index contributed by atoms with van der Waals surface area (Å²) in [6, 6.07) is 4.68. The smallest absolute Gasteiger partial charge is 0.220 e. The fraction of sp³-hybridized carbons (Fsp3) is 0.500. The van der Waals surface area contributed by atoms with Crippen LogP contribution in [-0.2, 0) is 11.2 Å². The van der Waals surface area contributed by atoms with E-state index in [0.717, 1.165) is 12.8 Å². The largest absolute Gasteiger partial charge is 0.349 e. The first-order valence-corrected chi connectivity index (χ1v) is 6.01. The minimum Gasteiger partial charge on any atom is -0.349 e. The second-order valence-corrected chi connectivity index (χ2v) is 4.73. The molecule has 1 aliphatic rings. The molecular weight excluding hydrogens is 198 g/mol. The van der Waals surface area contributed by atoms with E-state index >= 15 is 0 Å². The third-order valence-corrected chi connectivity index (χ3v) is 3.20. The van der Waals surface area contributed by atoms with Crippen LogP contribution in [0.25, 0.3) is 0 Å². The number of hydrogen-bond acceptors (Lipinski definition) is 1. The van der Waals surface area contributed by atoms with Gasteiger partial charge in [0, 0.05) is 6.42 Å². The summed E-state index contributed by atoms with van der Waals surface area (Å²) in [6.45, 7) is 6.28. The molecule has 1 N–H and O–H groups in total. The van der Waals surface area contributed by atoms with Crippen LogP contribution in [-0.4, -0.2) is 5.91 Å². The fourth-order valence-corrected chi connectivity index (χ4v) is 2.54. The number of fused-ring (bicyclic) bond motifs is 1. The lowest BCUT2D eigenvalue weighted by molar-refractivity contribution is -0.122. The highest BCUT2D eigenvalue weighted by molar-refractivity contribution is 5.77. The molecule has 1 aromatic rings. The molecule has 16 heavy (non-hydrogen) atoms. The zero-order valence-electron chi connectivity index (χ0n) is 10.3. The van der Waals surface area contributed by atoms with Crippen molar-refractivity contribution >= 4 is 5.91 Å². The van der Waals surface area contributed by atoms with Gasteiger partial charge in [-0.1, -0.05) is 24.6 Å². The van der Waals surface area contributed by atoms with Gasteiger partial charge in [-0.15, -0.1) is 0 Å². The Morgan fingerprint density at radius 3 is 2.81 bits per heavy atom. The molecule has 86 valence electrons. The van der Waals surface area contributed by atoms with Gasteiger partial charge in [-0.2, -0.15) is 0 Å². The molecule has 0 spiro atoms. The lowest BCUT2D eigenvalue weighted by atomic mass is 9.79. The molecule has 2 nitrogen and oxygen atoms in total. The highest BCUT2D eigenvalue weighted by atomic mass is 16.1. The Labute approximate surface area is 97.1 Å². The van der Waals surface area contributed by atoms with Gasteiger partial charge in [0.25, 0.3) is 0 Å². The predicted octanol–water partition coefficient (Wildman–Crippen LogP) is 2.82. The molecule has 1 aromatic carbocycles. The lowest BCUT2D eigenvalue weighted by Crippen LogP contribution is -2.36. The van der Waals surface area contributed by atoms with E-state index in [1.807, 2.05) is 6.92 Å². The summed E-state index contributed by atoms with van der Waals surface area (Å²) in [5.41, 5.74) is 5.37. The van der Waals surface area contributed by atoms with Gasteiger partial charge in [0.1, 0.15) is 0 Å². The molecule has 0 radical (unpaired) electrons. The minimum absolute atomic E-state index is 0.179. The molecule has 0 bridgehead atoms. The topological polar surface area (TPSA) is 29.1 Å². The second kappa shape index (κ2) is 4.28. The predicted molar refractivity (Wildman–Crippen MR) is 65.4 cm³/mol. The van der Waals surface area contributed by atoms with Crippen LogP contribution in [0.4, 0.5) is 0 Å². The Morgan fingerprint density at radius 1 is 1.44 bits per heavy atom. The van der Waals surface area contributed by atoms with Crippen molar-refractivity contribution in [3.05, 3.63) is 34.4 Å². The zero-order valence-corrected chi connectivity index (χ0v) is 10.3. The van der Waals surface area contributed by atoms with Crippen molar-refractivity contribution in [2.75, 3.05) is 0 Å². The number of benzene rings is 1. The van der Waals surface area contributed by atoms with Crippen LogP contribution < -0.4 is 5.32 Å². The van der Waals surface area contributed by atoms with E-state index in [4.69, 9.17) is 0 Å². The Hall–Kier alpha value is -1.31. The molecule has 0 aliphatic heterocycles. The average Bonchev–Trinajstić information content (AvgIpc) is 2.14. The molecule has 0 heterocycles. The summed E-state index contributed by atoms with van der Waals surface area (Å²) < 4.78 is 0. The van der Waals surface area contributed by atoms with Crippen LogP contribution in [0, 0.1) is 13.8 Å². The third kappa shape index (κ3) is 1.97. The van der Waals surface area contributed by atoms with Gasteiger partial charge in [0.05, 0.1) is 6.04 Å². The maximum atomic E-state index is 11.5. The minimum atomic E-state index is 0.179. The van der Waals surface area contributed by atoms with Crippen LogP contribution in [0.2, 0.25) is 0 Å². The molecule has 0 saturated carbocycles. The molecule has 0 fully saturated rings. The van der Waals surface area contributed by atoms with Gasteiger partial charge in [-0.3, -0.25) is 4.79 Å². The number of hydrogen-bond donors (Lipinski definition) is 1. The third-order valence-electron chi connectivity index (χ3n) is 3.20. The Balaban J connectivity index is 2.10. The number of rotatable bonds is 3. The summed E-state index contributed by atoms with van der Waals surface area (Å²) in [4.78, 5) is 11.5. The van der Waals surface area contributed by atoms with Crippen LogP contribution >= 0.6 is 0 Å². The molecule has 2 rings (SSSR count). The number of carbonyl (C=O) groups is 1. The van der Waals surface area contributed by atoms with Crippen molar-refractivity contribution in [2.45, 2.75) is 46.1 Å². The standard InChI is InChI=1S/C14H19NO/c1-4-5-13(16)15-12-8-11-7-9(2)6-10(3)14(11)12/h6-7,12H,4-5,8H2,1-3H3,(H,15,16)/t12-/m1/s1. The second-order valence-electron chi connectivity index (χ2n) is 4.73. The van der Waals surface area contributed by atoms with Gasteiger partial charge < -0.3 is 5.32 Å². The monoisotopic (exact) mass is 217 g/mol. The van der Waals surface area contributed by atoms with Crippen molar-refractivity contribution in [1.82, 2.24) is 5.32 Å². The maximum absolute atomic E-state index is 11.5. The summed E-state index contributed by atoms with van der Waals surface area (Å²) in [5, 5.41) is 3.09. The Morgan fingerprint density at radius 2 is 2.19 bits per heavy atom. The van der Waals surface area contributed by atoms with Crippen LogP contribution in [0.15, 0.2) is 12.1 Å². The van der Waals surface area contributed by atoms with Crippen molar-refractivity contribution in [3.63, 3.8) is 0 Å². The number of carbonyl (C=O) groups excluding carboxylic acids is 1. The van der Waals surface area contributed by atoms with E-state index in [2.05, 4.69) is 31.3 Å². The van der Waals surface area contributed by atoms with E-state index in [1.165, 1.54) is 22.3 Å². The van der Waals surface area contributed by atoms with E-state index in [0.29, 0.717) is 6.42 Å². The molecular formula is C14H19NO. The summed E-state index contributed by atoms with van der Waals surface area (Å²) in [7, 11) is 0. The first kappa shape index (κ1) is 11.2. The molecule has 0 aromatic heterocycles. The van der Waals surface area contributed by atoms with Gasteiger partial charge in [-0.25, -0.2) is 0 Å². The van der Waals surface area contributed by atoms with Gasteiger partial charge >= 0.3 is 0 Å².